The lowest BCUT2D eigenvalue weighted by Crippen LogP contribution is -2.68. The summed E-state index contributed by atoms with van der Waals surface area (Å²) in [5.41, 5.74) is 1.75. The van der Waals surface area contributed by atoms with Crippen LogP contribution in [-0.2, 0) is 19.8 Å². The van der Waals surface area contributed by atoms with Crippen molar-refractivity contribution in [2.45, 2.75) is 148 Å². The number of aliphatic hydroxyl groups is 1. The number of aldehydes is 1. The van der Waals surface area contributed by atoms with Gasteiger partial charge in [-0.05, 0) is 60.0 Å². The topological polar surface area (TPSA) is 68.2 Å². The predicted molar refractivity (Wildman–Crippen MR) is 179 cm³/mol. The fourth-order valence-electron chi connectivity index (χ4n) is 4.28. The largest absolute Gasteiger partial charge is 0.415 e. The van der Waals surface area contributed by atoms with Crippen LogP contribution in [0.4, 0.5) is 0 Å². The summed E-state index contributed by atoms with van der Waals surface area (Å²) in [6.45, 7) is 35.5. The van der Waals surface area contributed by atoms with E-state index in [0.717, 1.165) is 11.8 Å². The average molecular weight is 624 g/mol. The molecule has 0 amide bonds. The third-order valence-corrected chi connectivity index (χ3v) is 23.9. The molecule has 1 aliphatic rings. The summed E-state index contributed by atoms with van der Waals surface area (Å²) < 4.78 is 20.9. The second-order valence-corrected chi connectivity index (χ2v) is 31.0. The number of hydrogen-bond donors (Lipinski definition) is 1. The fourth-order valence-corrected chi connectivity index (χ4v) is 7.94. The Kier molecular flexibility index (Phi) is 11.4. The normalized spacial score (nSPS) is 24.0. The minimum Gasteiger partial charge on any atom is -0.415 e. The molecule has 1 aromatic carbocycles. The summed E-state index contributed by atoms with van der Waals surface area (Å²) in [5.74, 6) is 0. The van der Waals surface area contributed by atoms with Crippen molar-refractivity contribution < 1.29 is 23.2 Å². The van der Waals surface area contributed by atoms with Gasteiger partial charge in [0.25, 0.3) is 0 Å². The molecule has 0 spiro atoms. The molecule has 1 aliphatic heterocycles. The van der Waals surface area contributed by atoms with Crippen LogP contribution < -0.4 is 0 Å². The van der Waals surface area contributed by atoms with Crippen LogP contribution in [0.15, 0.2) is 24.3 Å². The second-order valence-electron chi connectivity index (χ2n) is 16.7. The first kappa shape index (κ1) is 36.5. The number of carbonyl (C=O) groups excluding carboxylic acids is 1. The molecule has 1 fully saturated rings. The molecule has 1 aromatic rings. The van der Waals surface area contributed by atoms with E-state index in [9.17, 15) is 9.90 Å². The minimum atomic E-state index is -2.23. The molecule has 0 bridgehead atoms. The van der Waals surface area contributed by atoms with Gasteiger partial charge in [-0.15, -0.1) is 0 Å². The number of hydrogen-bond acceptors (Lipinski definition) is 6. The molecule has 0 aliphatic carbocycles. The molecule has 0 saturated carbocycles. The molecule has 2 rings (SSSR count). The summed E-state index contributed by atoms with van der Waals surface area (Å²) in [5, 5.41) is 12.3. The van der Waals surface area contributed by atoms with Crippen LogP contribution in [0.25, 0.3) is 0 Å². The Morgan fingerprint density at radius 2 is 1.27 bits per heavy atom. The zero-order valence-electron chi connectivity index (χ0n) is 28.8. The Labute approximate surface area is 254 Å². The first-order chi connectivity index (χ1) is 18.3. The highest BCUT2D eigenvalue weighted by atomic mass is 28.4. The van der Waals surface area contributed by atoms with Crippen molar-refractivity contribution in [2.75, 3.05) is 13.2 Å². The number of aliphatic hydroxyl groups excluding tert-OH is 1. The lowest BCUT2D eigenvalue weighted by molar-refractivity contribution is -0.136. The maximum atomic E-state index is 12.2. The zero-order chi connectivity index (χ0) is 31.8. The Morgan fingerprint density at radius 1 is 0.805 bits per heavy atom. The molecule has 1 saturated heterocycles. The molecule has 4 atom stereocenters. The van der Waals surface area contributed by atoms with Gasteiger partial charge in [-0.3, -0.25) is 9.69 Å². The van der Waals surface area contributed by atoms with Gasteiger partial charge in [0.15, 0.2) is 25.0 Å². The molecule has 6 nitrogen and oxygen atoms in total. The highest BCUT2D eigenvalue weighted by Gasteiger charge is 2.52. The molecule has 1 heterocycles. The quantitative estimate of drug-likeness (QED) is 0.212. The molecule has 9 heteroatoms. The Balaban J connectivity index is 2.56. The van der Waals surface area contributed by atoms with Gasteiger partial charge in [-0.2, -0.15) is 0 Å². The van der Waals surface area contributed by atoms with E-state index in [1.807, 2.05) is 24.3 Å². The van der Waals surface area contributed by atoms with Crippen molar-refractivity contribution in [1.29, 1.82) is 0 Å². The van der Waals surface area contributed by atoms with Crippen LogP contribution in [0.1, 0.15) is 78.2 Å². The van der Waals surface area contributed by atoms with Crippen molar-refractivity contribution in [2.24, 2.45) is 0 Å². The van der Waals surface area contributed by atoms with Gasteiger partial charge in [-0.1, -0.05) is 86.6 Å². The lowest BCUT2D eigenvalue weighted by atomic mass is 9.93. The number of carbonyl (C=O) groups is 1. The van der Waals surface area contributed by atoms with E-state index >= 15 is 0 Å². The molecule has 0 radical (unpaired) electrons. The molecular weight excluding hydrogens is 563 g/mol. The third kappa shape index (κ3) is 8.94. The van der Waals surface area contributed by atoms with Crippen LogP contribution in [0.5, 0.6) is 0 Å². The van der Waals surface area contributed by atoms with Gasteiger partial charge >= 0.3 is 0 Å². The predicted octanol–water partition coefficient (Wildman–Crippen LogP) is 7.85. The van der Waals surface area contributed by atoms with Crippen molar-refractivity contribution in [1.82, 2.24) is 4.90 Å². The number of piperidine rings is 1. The molecule has 2 unspecified atom stereocenters. The highest BCUT2D eigenvalue weighted by molar-refractivity contribution is 6.75. The Hall–Kier alpha value is -0.659. The van der Waals surface area contributed by atoms with Gasteiger partial charge in [0, 0.05) is 18.7 Å². The van der Waals surface area contributed by atoms with E-state index in [4.69, 9.17) is 13.3 Å². The van der Waals surface area contributed by atoms with Crippen LogP contribution in [0.3, 0.4) is 0 Å². The van der Waals surface area contributed by atoms with Gasteiger partial charge in [0.2, 0.25) is 0 Å². The summed E-state index contributed by atoms with van der Waals surface area (Å²) in [4.78, 5) is 13.6. The minimum absolute atomic E-state index is 0.00115. The van der Waals surface area contributed by atoms with E-state index in [1.54, 1.807) is 0 Å². The van der Waals surface area contributed by atoms with Crippen LogP contribution in [0, 0.1) is 0 Å². The summed E-state index contributed by atoms with van der Waals surface area (Å²) in [6.07, 6.45) is -0.604. The number of likely N-dealkylation sites (tertiary alicyclic amines) is 1. The van der Waals surface area contributed by atoms with Gasteiger partial charge in [0.05, 0.1) is 31.0 Å². The number of rotatable bonds is 10. The molecular formula is C32H61NO5Si3. The molecule has 0 aromatic heterocycles. The van der Waals surface area contributed by atoms with Gasteiger partial charge in [0.1, 0.15) is 6.29 Å². The van der Waals surface area contributed by atoms with E-state index in [-0.39, 0.29) is 27.3 Å². The Morgan fingerprint density at radius 3 is 1.71 bits per heavy atom. The second kappa shape index (κ2) is 12.8. The van der Waals surface area contributed by atoms with E-state index in [0.29, 0.717) is 25.3 Å². The van der Waals surface area contributed by atoms with E-state index in [1.165, 1.54) is 0 Å². The summed E-state index contributed by atoms with van der Waals surface area (Å²) in [6, 6.07) is 7.48. The van der Waals surface area contributed by atoms with Crippen molar-refractivity contribution in [3.8, 4) is 0 Å². The zero-order valence-corrected chi connectivity index (χ0v) is 31.8. The average Bonchev–Trinajstić information content (AvgIpc) is 2.79. The van der Waals surface area contributed by atoms with Crippen LogP contribution >= 0.6 is 0 Å². The maximum Gasteiger partial charge on any atom is 0.192 e. The molecule has 1 N–H and O–H groups in total. The third-order valence-electron chi connectivity index (χ3n) is 10.4. The first-order valence-corrected chi connectivity index (χ1v) is 24.0. The van der Waals surface area contributed by atoms with Crippen molar-refractivity contribution in [3.63, 3.8) is 0 Å². The van der Waals surface area contributed by atoms with Crippen molar-refractivity contribution in [3.05, 3.63) is 35.4 Å². The fraction of sp³-hybridized carbons (Fsp3) is 0.781. The first-order valence-electron chi connectivity index (χ1n) is 15.3. The van der Waals surface area contributed by atoms with Crippen LogP contribution in [-0.4, -0.2) is 78.8 Å². The molecule has 236 valence electrons. The van der Waals surface area contributed by atoms with Crippen LogP contribution in [0.2, 0.25) is 54.4 Å². The lowest BCUT2D eigenvalue weighted by Gasteiger charge is -2.53. The van der Waals surface area contributed by atoms with Gasteiger partial charge in [-0.25, -0.2) is 0 Å². The van der Waals surface area contributed by atoms with E-state index in [2.05, 4.69) is 106 Å². The molecule has 41 heavy (non-hydrogen) atoms. The smallest absolute Gasteiger partial charge is 0.192 e. The highest BCUT2D eigenvalue weighted by Crippen LogP contribution is 2.43. The SMILES string of the molecule is CC(C)(C)[Si](C)(C)OC[C@@H]1[C@@H](O)C(O[Si](C)(C)C(C)(C)C)C(O[Si](C)(C)C(C)(C)C)CN1Cc1ccc(C=O)cc1. The number of benzene rings is 1. The monoisotopic (exact) mass is 623 g/mol. The van der Waals surface area contributed by atoms with Gasteiger partial charge < -0.3 is 18.4 Å². The maximum absolute atomic E-state index is 12.2. The standard InChI is InChI=1S/C32H61NO5Si3/c1-30(2,3)39(10,11)36-23-26-28(35)29(38-41(14,15)32(7,8)9)27(37-40(12,13)31(4,5)6)21-33(26)20-24-16-18-25(22-34)19-17-24/h16-19,22,26-29,35H,20-21,23H2,1-15H3/t26-,27?,28-,29?/m1/s1. The number of nitrogens with zero attached hydrogens (tertiary/aromatic N) is 1. The van der Waals surface area contributed by atoms with E-state index < -0.39 is 37.2 Å². The Bertz CT molecular complexity index is 1010. The summed E-state index contributed by atoms with van der Waals surface area (Å²) >= 11 is 0. The summed E-state index contributed by atoms with van der Waals surface area (Å²) in [7, 11) is -6.48. The van der Waals surface area contributed by atoms with Crippen molar-refractivity contribution >= 4 is 31.2 Å².